The van der Waals surface area contributed by atoms with Crippen LogP contribution >= 0.6 is 0 Å². The molecule has 1 aliphatic rings. The molecule has 0 amide bonds. The van der Waals surface area contributed by atoms with Crippen molar-refractivity contribution in [2.24, 2.45) is 11.7 Å². The fourth-order valence-corrected chi connectivity index (χ4v) is 2.22. The molecule has 0 aromatic rings. The number of hydrogen-bond donors (Lipinski definition) is 1. The van der Waals surface area contributed by atoms with E-state index in [0.29, 0.717) is 5.92 Å². The van der Waals surface area contributed by atoms with Crippen LogP contribution in [0.25, 0.3) is 0 Å². The zero-order chi connectivity index (χ0) is 12.0. The zero-order valence-corrected chi connectivity index (χ0v) is 10.3. The number of nitrogens with two attached hydrogens (primary N) is 1. The van der Waals surface area contributed by atoms with Crippen LogP contribution in [0.2, 0.25) is 0 Å². The molecule has 0 aliphatic heterocycles. The molecule has 1 aliphatic carbocycles. The minimum absolute atomic E-state index is 0.0640. The normalized spacial score (nSPS) is 27.4. The van der Waals surface area contributed by atoms with Crippen molar-refractivity contribution in [1.82, 2.24) is 0 Å². The molecule has 0 radical (unpaired) electrons. The highest BCUT2D eigenvalue weighted by Gasteiger charge is 2.25. The Bertz CT molecular complexity index is 220. The van der Waals surface area contributed by atoms with Gasteiger partial charge in [0.1, 0.15) is 12.1 Å². The van der Waals surface area contributed by atoms with Gasteiger partial charge in [0.25, 0.3) is 0 Å². The van der Waals surface area contributed by atoms with Gasteiger partial charge in [-0.15, -0.1) is 0 Å². The number of carbonyl (C=O) groups excluding carboxylic acids is 1. The first-order valence-corrected chi connectivity index (χ1v) is 6.12. The second kappa shape index (κ2) is 6.86. The number of carbonyl (C=O) groups is 1. The molecular formula is C12H23NO3. The van der Waals surface area contributed by atoms with Crippen LogP contribution in [-0.2, 0) is 14.3 Å². The molecule has 16 heavy (non-hydrogen) atoms. The number of ether oxygens (including phenoxy) is 2. The quantitative estimate of drug-likeness (QED) is 0.725. The van der Waals surface area contributed by atoms with Crippen molar-refractivity contribution in [3.63, 3.8) is 0 Å². The standard InChI is InChI=1S/C12H23NO3/c1-3-9-5-4-6-10(7-9)16-12(14)11(13)8-15-2/h9-11H,3-8,13H2,1-2H3. The highest BCUT2D eigenvalue weighted by Crippen LogP contribution is 2.28. The fraction of sp³-hybridized carbons (Fsp3) is 0.917. The second-order valence-electron chi connectivity index (χ2n) is 4.56. The van der Waals surface area contributed by atoms with Gasteiger partial charge < -0.3 is 15.2 Å². The molecule has 2 N–H and O–H groups in total. The van der Waals surface area contributed by atoms with Crippen molar-refractivity contribution >= 4 is 5.97 Å². The first kappa shape index (κ1) is 13.5. The van der Waals surface area contributed by atoms with Crippen molar-refractivity contribution in [3.05, 3.63) is 0 Å². The lowest BCUT2D eigenvalue weighted by atomic mass is 9.85. The number of esters is 1. The molecule has 1 saturated carbocycles. The lowest BCUT2D eigenvalue weighted by Crippen LogP contribution is -2.39. The van der Waals surface area contributed by atoms with E-state index in [0.717, 1.165) is 25.7 Å². The summed E-state index contributed by atoms with van der Waals surface area (Å²) in [5.41, 5.74) is 5.61. The average molecular weight is 229 g/mol. The first-order valence-electron chi connectivity index (χ1n) is 6.12. The molecule has 0 spiro atoms. The van der Waals surface area contributed by atoms with Crippen LogP contribution in [0.15, 0.2) is 0 Å². The summed E-state index contributed by atoms with van der Waals surface area (Å²) in [4.78, 5) is 11.6. The predicted molar refractivity (Wildman–Crippen MR) is 62.0 cm³/mol. The Morgan fingerprint density at radius 3 is 2.88 bits per heavy atom. The summed E-state index contributed by atoms with van der Waals surface area (Å²) in [5, 5.41) is 0. The smallest absolute Gasteiger partial charge is 0.325 e. The molecule has 0 bridgehead atoms. The summed E-state index contributed by atoms with van der Waals surface area (Å²) < 4.78 is 10.2. The summed E-state index contributed by atoms with van der Waals surface area (Å²) in [6, 6.07) is -0.646. The molecular weight excluding hydrogens is 206 g/mol. The van der Waals surface area contributed by atoms with Crippen LogP contribution in [0.4, 0.5) is 0 Å². The molecule has 0 saturated heterocycles. The molecule has 0 aromatic heterocycles. The fourth-order valence-electron chi connectivity index (χ4n) is 2.22. The molecule has 4 nitrogen and oxygen atoms in total. The maximum absolute atomic E-state index is 11.6. The van der Waals surface area contributed by atoms with E-state index in [1.54, 1.807) is 0 Å². The van der Waals surface area contributed by atoms with Crippen molar-refractivity contribution in [2.75, 3.05) is 13.7 Å². The van der Waals surface area contributed by atoms with E-state index < -0.39 is 6.04 Å². The zero-order valence-electron chi connectivity index (χ0n) is 10.3. The van der Waals surface area contributed by atoms with Crippen LogP contribution in [0.3, 0.4) is 0 Å². The Morgan fingerprint density at radius 2 is 2.25 bits per heavy atom. The highest BCUT2D eigenvalue weighted by molar-refractivity contribution is 5.75. The van der Waals surface area contributed by atoms with Gasteiger partial charge >= 0.3 is 5.97 Å². The van der Waals surface area contributed by atoms with Gasteiger partial charge in [-0.1, -0.05) is 19.8 Å². The summed E-state index contributed by atoms with van der Waals surface area (Å²) in [6.45, 7) is 2.41. The second-order valence-corrected chi connectivity index (χ2v) is 4.56. The topological polar surface area (TPSA) is 61.5 Å². The Balaban J connectivity index is 2.32. The summed E-state index contributed by atoms with van der Waals surface area (Å²) >= 11 is 0. The lowest BCUT2D eigenvalue weighted by molar-refractivity contribution is -0.154. The van der Waals surface area contributed by atoms with E-state index in [1.165, 1.54) is 13.5 Å². The van der Waals surface area contributed by atoms with Gasteiger partial charge in [-0.3, -0.25) is 4.79 Å². The van der Waals surface area contributed by atoms with E-state index in [1.807, 2.05) is 0 Å². The SMILES string of the molecule is CCC1CCCC(OC(=O)C(N)COC)C1. The maximum Gasteiger partial charge on any atom is 0.325 e. The highest BCUT2D eigenvalue weighted by atomic mass is 16.5. The Morgan fingerprint density at radius 1 is 1.50 bits per heavy atom. The number of rotatable bonds is 5. The predicted octanol–water partition coefficient (Wildman–Crippen LogP) is 1.47. The lowest BCUT2D eigenvalue weighted by Gasteiger charge is -2.28. The third kappa shape index (κ3) is 4.10. The molecule has 94 valence electrons. The molecule has 1 fully saturated rings. The van der Waals surface area contributed by atoms with Gasteiger partial charge in [0, 0.05) is 7.11 Å². The Kier molecular flexibility index (Phi) is 5.77. The third-order valence-corrected chi connectivity index (χ3v) is 3.24. The van der Waals surface area contributed by atoms with Crippen LogP contribution in [-0.4, -0.2) is 31.8 Å². The molecule has 1 rings (SSSR count). The van der Waals surface area contributed by atoms with E-state index in [4.69, 9.17) is 15.2 Å². The average Bonchev–Trinajstić information content (AvgIpc) is 2.29. The largest absolute Gasteiger partial charge is 0.461 e. The van der Waals surface area contributed by atoms with E-state index in [9.17, 15) is 4.79 Å². The Labute approximate surface area is 97.5 Å². The van der Waals surface area contributed by atoms with E-state index >= 15 is 0 Å². The van der Waals surface area contributed by atoms with E-state index in [2.05, 4.69) is 6.92 Å². The van der Waals surface area contributed by atoms with E-state index in [-0.39, 0.29) is 18.7 Å². The van der Waals surface area contributed by atoms with Crippen LogP contribution in [0.5, 0.6) is 0 Å². The van der Waals surface area contributed by atoms with Gasteiger partial charge in [-0.25, -0.2) is 0 Å². The number of methoxy groups -OCH3 is 1. The van der Waals surface area contributed by atoms with Gasteiger partial charge in [0.2, 0.25) is 0 Å². The van der Waals surface area contributed by atoms with Crippen molar-refractivity contribution < 1.29 is 14.3 Å². The van der Waals surface area contributed by atoms with Crippen molar-refractivity contribution in [3.8, 4) is 0 Å². The van der Waals surface area contributed by atoms with Crippen LogP contribution in [0.1, 0.15) is 39.0 Å². The summed E-state index contributed by atoms with van der Waals surface area (Å²) in [6.07, 6.45) is 5.60. The van der Waals surface area contributed by atoms with Crippen molar-refractivity contribution in [2.45, 2.75) is 51.2 Å². The van der Waals surface area contributed by atoms with Crippen molar-refractivity contribution in [1.29, 1.82) is 0 Å². The minimum atomic E-state index is -0.646. The van der Waals surface area contributed by atoms with Gasteiger partial charge in [0.15, 0.2) is 0 Å². The van der Waals surface area contributed by atoms with Gasteiger partial charge in [-0.05, 0) is 25.2 Å². The molecule has 3 unspecified atom stereocenters. The van der Waals surface area contributed by atoms with Crippen LogP contribution in [0, 0.1) is 5.92 Å². The third-order valence-electron chi connectivity index (χ3n) is 3.24. The monoisotopic (exact) mass is 229 g/mol. The molecule has 0 aromatic carbocycles. The summed E-state index contributed by atoms with van der Waals surface area (Å²) in [5.74, 6) is 0.369. The minimum Gasteiger partial charge on any atom is -0.461 e. The molecule has 0 heterocycles. The Hall–Kier alpha value is -0.610. The summed E-state index contributed by atoms with van der Waals surface area (Å²) in [7, 11) is 1.53. The molecule has 4 heteroatoms. The first-order chi connectivity index (χ1) is 7.67. The van der Waals surface area contributed by atoms with Crippen LogP contribution < -0.4 is 5.73 Å². The van der Waals surface area contributed by atoms with Gasteiger partial charge in [0.05, 0.1) is 6.61 Å². The maximum atomic E-state index is 11.6. The number of hydrogen-bond acceptors (Lipinski definition) is 4. The van der Waals surface area contributed by atoms with Gasteiger partial charge in [-0.2, -0.15) is 0 Å². The molecule has 3 atom stereocenters.